The molecule has 3 rings (SSSR count). The number of anilines is 3. The second-order valence-electron chi connectivity index (χ2n) is 6.57. The average Bonchev–Trinajstić information content (AvgIpc) is 3.22. The van der Waals surface area contributed by atoms with E-state index in [-0.39, 0.29) is 0 Å². The largest absolute Gasteiger partial charge is 0.378 e. The number of rotatable bonds is 6. The Balaban J connectivity index is 2.18. The second-order valence-corrected chi connectivity index (χ2v) is 6.57. The van der Waals surface area contributed by atoms with E-state index in [2.05, 4.69) is 22.0 Å². The van der Waals surface area contributed by atoms with E-state index in [9.17, 15) is 4.79 Å². The molecule has 0 unspecified atom stereocenters. The molecular formula is C19H26N6O2. The molecule has 0 atom stereocenters. The summed E-state index contributed by atoms with van der Waals surface area (Å²) in [6, 6.07) is 3.64. The van der Waals surface area contributed by atoms with E-state index in [0.29, 0.717) is 24.6 Å². The normalized spacial score (nSPS) is 15.1. The first-order valence-electron chi connectivity index (χ1n) is 9.09. The van der Waals surface area contributed by atoms with Crippen LogP contribution < -0.4 is 15.5 Å². The topological polar surface area (TPSA) is 100 Å². The smallest absolute Gasteiger partial charge is 0.249 e. The maximum absolute atomic E-state index is 12.3. The van der Waals surface area contributed by atoms with Crippen LogP contribution in [-0.4, -0.2) is 54.4 Å². The Kier molecular flexibility index (Phi) is 5.75. The van der Waals surface area contributed by atoms with Crippen LogP contribution in [0.4, 0.5) is 17.5 Å². The minimum absolute atomic E-state index is 0.459. The summed E-state index contributed by atoms with van der Waals surface area (Å²) in [5, 5.41) is 6.96. The fraction of sp³-hybridized carbons (Fsp3) is 0.421. The summed E-state index contributed by atoms with van der Waals surface area (Å²) >= 11 is 0. The molecule has 1 amide bonds. The summed E-state index contributed by atoms with van der Waals surface area (Å²) in [5.74, 6) is 1.69. The van der Waals surface area contributed by atoms with Gasteiger partial charge in [0.05, 0.1) is 25.0 Å². The summed E-state index contributed by atoms with van der Waals surface area (Å²) in [7, 11) is 1.89. The molecule has 0 radical (unpaired) electrons. The zero-order valence-corrected chi connectivity index (χ0v) is 16.0. The number of H-pyrrole nitrogens is 1. The summed E-state index contributed by atoms with van der Waals surface area (Å²) < 4.78 is 5.43. The number of allylic oxidation sites excluding steroid dienone is 1. The van der Waals surface area contributed by atoms with E-state index < -0.39 is 5.91 Å². The van der Waals surface area contributed by atoms with Gasteiger partial charge in [0, 0.05) is 31.8 Å². The molecule has 1 fully saturated rings. The molecule has 2 aromatic rings. The number of primary amides is 1. The van der Waals surface area contributed by atoms with Gasteiger partial charge in [0.15, 0.2) is 0 Å². The zero-order valence-electron chi connectivity index (χ0n) is 16.0. The molecule has 27 heavy (non-hydrogen) atoms. The van der Waals surface area contributed by atoms with Gasteiger partial charge in [0.1, 0.15) is 17.5 Å². The average molecular weight is 370 g/mol. The lowest BCUT2D eigenvalue weighted by Crippen LogP contribution is -2.37. The molecule has 0 aliphatic carbocycles. The molecule has 8 nitrogen and oxygen atoms in total. The number of aromatic nitrogens is 3. The summed E-state index contributed by atoms with van der Waals surface area (Å²) in [6.07, 6.45) is 4.54. The molecule has 0 saturated carbocycles. The van der Waals surface area contributed by atoms with Gasteiger partial charge >= 0.3 is 0 Å². The Hall–Kier alpha value is -2.87. The van der Waals surface area contributed by atoms with E-state index in [0.717, 1.165) is 42.3 Å². The van der Waals surface area contributed by atoms with Crippen LogP contribution in [0.2, 0.25) is 0 Å². The van der Waals surface area contributed by atoms with Crippen molar-refractivity contribution in [1.29, 1.82) is 0 Å². The summed E-state index contributed by atoms with van der Waals surface area (Å²) in [4.78, 5) is 21.1. The van der Waals surface area contributed by atoms with Crippen LogP contribution in [0.5, 0.6) is 0 Å². The highest BCUT2D eigenvalue weighted by Gasteiger charge is 2.22. The fourth-order valence-electron chi connectivity index (χ4n) is 2.98. The summed E-state index contributed by atoms with van der Waals surface area (Å²) in [5.41, 5.74) is 8.05. The third-order valence-corrected chi connectivity index (χ3v) is 4.74. The maximum atomic E-state index is 12.3. The third-order valence-electron chi connectivity index (χ3n) is 4.74. The van der Waals surface area contributed by atoms with Crippen LogP contribution in [0.1, 0.15) is 36.2 Å². The minimum atomic E-state index is -0.471. The number of amides is 1. The predicted molar refractivity (Wildman–Crippen MR) is 106 cm³/mol. The first kappa shape index (κ1) is 18.9. The lowest BCUT2D eigenvalue weighted by molar-refractivity contribution is 0.1000. The van der Waals surface area contributed by atoms with E-state index in [4.69, 9.17) is 15.5 Å². The van der Waals surface area contributed by atoms with Crippen molar-refractivity contribution < 1.29 is 9.53 Å². The number of aromatic amines is 1. The quantitative estimate of drug-likeness (QED) is 0.809. The number of nitrogens with zero attached hydrogens (tertiary/aromatic N) is 4. The van der Waals surface area contributed by atoms with Gasteiger partial charge in [0.2, 0.25) is 5.91 Å². The molecule has 144 valence electrons. The van der Waals surface area contributed by atoms with E-state index in [1.165, 1.54) is 0 Å². The van der Waals surface area contributed by atoms with Crippen LogP contribution in [0.25, 0.3) is 6.08 Å². The molecule has 0 spiro atoms. The van der Waals surface area contributed by atoms with Crippen molar-refractivity contribution >= 4 is 29.4 Å². The number of hydrogen-bond donors (Lipinski definition) is 2. The molecular weight excluding hydrogens is 344 g/mol. The highest BCUT2D eigenvalue weighted by atomic mass is 16.5. The number of ether oxygens (including phenoxy) is 1. The van der Waals surface area contributed by atoms with Gasteiger partial charge in [-0.15, -0.1) is 0 Å². The van der Waals surface area contributed by atoms with Crippen molar-refractivity contribution in [2.45, 2.75) is 20.3 Å². The number of hydrogen-bond acceptors (Lipinski definition) is 6. The maximum Gasteiger partial charge on any atom is 0.249 e. The molecule has 1 saturated heterocycles. The van der Waals surface area contributed by atoms with Gasteiger partial charge in [-0.05, 0) is 19.4 Å². The molecule has 1 aliphatic heterocycles. The Labute approximate surface area is 159 Å². The van der Waals surface area contributed by atoms with Crippen molar-refractivity contribution in [3.63, 3.8) is 0 Å². The van der Waals surface area contributed by atoms with Crippen LogP contribution >= 0.6 is 0 Å². The predicted octanol–water partition coefficient (Wildman–Crippen LogP) is 2.32. The molecule has 8 heteroatoms. The van der Waals surface area contributed by atoms with Crippen molar-refractivity contribution in [1.82, 2.24) is 15.2 Å². The molecule has 3 N–H and O–H groups in total. The Morgan fingerprint density at radius 2 is 2.19 bits per heavy atom. The molecule has 0 bridgehead atoms. The van der Waals surface area contributed by atoms with Crippen molar-refractivity contribution in [2.24, 2.45) is 5.73 Å². The molecule has 2 aromatic heterocycles. The zero-order chi connectivity index (χ0) is 19.4. The van der Waals surface area contributed by atoms with Crippen molar-refractivity contribution in [2.75, 3.05) is 43.2 Å². The van der Waals surface area contributed by atoms with Gasteiger partial charge in [-0.2, -0.15) is 5.10 Å². The van der Waals surface area contributed by atoms with E-state index in [1.807, 2.05) is 31.0 Å². The number of nitrogens with two attached hydrogens (primary N) is 1. The van der Waals surface area contributed by atoms with E-state index in [1.54, 1.807) is 12.3 Å². The van der Waals surface area contributed by atoms with Gasteiger partial charge in [0.25, 0.3) is 0 Å². The fourth-order valence-corrected chi connectivity index (χ4v) is 2.98. The first-order valence-corrected chi connectivity index (χ1v) is 9.09. The molecule has 3 heterocycles. The lowest BCUT2D eigenvalue weighted by Gasteiger charge is -2.30. The monoisotopic (exact) mass is 370 g/mol. The summed E-state index contributed by atoms with van der Waals surface area (Å²) in [6.45, 7) is 6.82. The Morgan fingerprint density at radius 3 is 2.78 bits per heavy atom. The van der Waals surface area contributed by atoms with Crippen molar-refractivity contribution in [3.05, 3.63) is 35.0 Å². The van der Waals surface area contributed by atoms with Crippen LogP contribution in [0.3, 0.4) is 0 Å². The van der Waals surface area contributed by atoms with Gasteiger partial charge in [-0.1, -0.05) is 18.6 Å². The Morgan fingerprint density at radius 1 is 1.44 bits per heavy atom. The standard InChI is InChI=1S/C19H26N6O2/c1-4-13(2)11-15-14(18(20)26)12-17(25-7-9-27-10-8-25)22-19(15)24(3)16-5-6-21-23-16/h5-6,11-12H,4,7-10H2,1-3H3,(H2,20,26)(H,21,23). The molecule has 1 aliphatic rings. The SMILES string of the molecule is CCC(C)=Cc1c(C(N)=O)cc(N2CCOCC2)nc1N(C)c1ccn[nH]1. The van der Waals surface area contributed by atoms with E-state index >= 15 is 0 Å². The highest BCUT2D eigenvalue weighted by Crippen LogP contribution is 2.32. The van der Waals surface area contributed by atoms with Crippen LogP contribution in [-0.2, 0) is 4.74 Å². The second kappa shape index (κ2) is 8.22. The Bertz CT molecular complexity index is 825. The number of nitrogens with one attached hydrogen (secondary N) is 1. The number of pyridine rings is 1. The molecule has 0 aromatic carbocycles. The van der Waals surface area contributed by atoms with Crippen LogP contribution in [0, 0.1) is 0 Å². The third kappa shape index (κ3) is 4.11. The first-order chi connectivity index (χ1) is 13.0. The number of carbonyl (C=O) groups is 1. The van der Waals surface area contributed by atoms with Gasteiger partial charge < -0.3 is 20.3 Å². The minimum Gasteiger partial charge on any atom is -0.378 e. The van der Waals surface area contributed by atoms with Crippen LogP contribution in [0.15, 0.2) is 23.9 Å². The van der Waals surface area contributed by atoms with Gasteiger partial charge in [-0.3, -0.25) is 9.89 Å². The lowest BCUT2D eigenvalue weighted by atomic mass is 10.0. The highest BCUT2D eigenvalue weighted by molar-refractivity contribution is 6.00. The number of carbonyl (C=O) groups excluding carboxylic acids is 1. The van der Waals surface area contributed by atoms with Crippen molar-refractivity contribution in [3.8, 4) is 0 Å². The van der Waals surface area contributed by atoms with Gasteiger partial charge in [-0.25, -0.2) is 4.98 Å². The number of morpholine rings is 1.